The summed E-state index contributed by atoms with van der Waals surface area (Å²) in [5.74, 6) is 0.538. The number of nitrogens with zero attached hydrogens (tertiary/aromatic N) is 1. The summed E-state index contributed by atoms with van der Waals surface area (Å²) < 4.78 is 5.33. The fraction of sp³-hybridized carbons (Fsp3) is 0.333. The molecule has 6 heteroatoms. The molecule has 0 unspecified atom stereocenters. The Kier molecular flexibility index (Phi) is 6.71. The Morgan fingerprint density at radius 2 is 2.15 bits per heavy atom. The lowest BCUT2D eigenvalue weighted by Gasteiger charge is -2.14. The first-order chi connectivity index (χ1) is 13.2. The van der Waals surface area contributed by atoms with Crippen molar-refractivity contribution >= 4 is 28.9 Å². The number of anilines is 2. The van der Waals surface area contributed by atoms with E-state index < -0.39 is 0 Å². The molecule has 0 fully saturated rings. The average Bonchev–Trinajstić information content (AvgIpc) is 2.69. The van der Waals surface area contributed by atoms with Crippen LogP contribution >= 0.6 is 11.6 Å². The van der Waals surface area contributed by atoms with Gasteiger partial charge in [0, 0.05) is 17.8 Å². The summed E-state index contributed by atoms with van der Waals surface area (Å²) >= 11 is 6.06. The Morgan fingerprint density at radius 1 is 1.26 bits per heavy atom. The van der Waals surface area contributed by atoms with Crippen LogP contribution < -0.4 is 15.4 Å². The van der Waals surface area contributed by atoms with Crippen LogP contribution in [0.3, 0.4) is 0 Å². The van der Waals surface area contributed by atoms with Gasteiger partial charge >= 0.3 is 0 Å². The van der Waals surface area contributed by atoms with Crippen LogP contribution in [0, 0.1) is 0 Å². The second kappa shape index (κ2) is 9.42. The van der Waals surface area contributed by atoms with Gasteiger partial charge in [0.05, 0.1) is 30.2 Å². The van der Waals surface area contributed by atoms with Crippen molar-refractivity contribution in [1.82, 2.24) is 10.3 Å². The molecule has 0 saturated heterocycles. The van der Waals surface area contributed by atoms with E-state index in [0.717, 1.165) is 19.3 Å². The average molecular weight is 386 g/mol. The van der Waals surface area contributed by atoms with E-state index in [0.29, 0.717) is 34.3 Å². The zero-order valence-electron chi connectivity index (χ0n) is 15.4. The molecule has 1 aliphatic rings. The van der Waals surface area contributed by atoms with Gasteiger partial charge in [-0.2, -0.15) is 0 Å². The van der Waals surface area contributed by atoms with Crippen LogP contribution in [-0.2, 0) is 0 Å². The summed E-state index contributed by atoms with van der Waals surface area (Å²) in [6.45, 7) is 0.643. The largest absolute Gasteiger partial charge is 0.495 e. The number of methoxy groups -OCH3 is 1. The molecule has 1 heterocycles. The number of carbonyl (C=O) groups is 1. The zero-order chi connectivity index (χ0) is 19.1. The maximum Gasteiger partial charge on any atom is 0.252 e. The molecular formula is C21H24ClN3O2. The predicted octanol–water partition coefficient (Wildman–Crippen LogP) is 5.11. The van der Waals surface area contributed by atoms with Gasteiger partial charge in [0.25, 0.3) is 5.91 Å². The number of carbonyl (C=O) groups excluding carboxylic acids is 1. The number of nitrogens with one attached hydrogen (secondary N) is 2. The van der Waals surface area contributed by atoms with E-state index in [2.05, 4.69) is 21.7 Å². The fourth-order valence-corrected chi connectivity index (χ4v) is 3.31. The third kappa shape index (κ3) is 5.47. The highest BCUT2D eigenvalue weighted by molar-refractivity contribution is 6.31. The highest BCUT2D eigenvalue weighted by Crippen LogP contribution is 2.30. The molecule has 3 rings (SSSR count). The molecule has 0 saturated carbocycles. The standard InChI is InChI=1S/C21H24ClN3O2/c1-27-20-8-7-17(22)12-19(20)25-18-11-16(13-23-14-18)21(26)24-10-9-15-5-3-2-4-6-15/h5,7-8,11-14,25H,2-4,6,9-10H2,1H3,(H,24,26). The summed E-state index contributed by atoms with van der Waals surface area (Å²) in [6.07, 6.45) is 11.3. The molecule has 0 aliphatic heterocycles. The number of benzene rings is 1. The normalized spacial score (nSPS) is 13.6. The summed E-state index contributed by atoms with van der Waals surface area (Å²) in [7, 11) is 1.60. The van der Waals surface area contributed by atoms with Crippen molar-refractivity contribution in [3.05, 3.63) is 58.9 Å². The molecule has 2 N–H and O–H groups in total. The van der Waals surface area contributed by atoms with E-state index in [1.165, 1.54) is 18.4 Å². The molecule has 27 heavy (non-hydrogen) atoms. The number of hydrogen-bond acceptors (Lipinski definition) is 4. The van der Waals surface area contributed by atoms with Crippen LogP contribution in [0.5, 0.6) is 5.75 Å². The number of aromatic nitrogens is 1. The molecule has 1 aliphatic carbocycles. The Bertz CT molecular complexity index is 836. The summed E-state index contributed by atoms with van der Waals surface area (Å²) in [4.78, 5) is 16.6. The molecule has 0 radical (unpaired) electrons. The van der Waals surface area contributed by atoms with E-state index in [1.807, 2.05) is 0 Å². The number of allylic oxidation sites excluding steroid dienone is 1. The van der Waals surface area contributed by atoms with Gasteiger partial charge in [0.15, 0.2) is 0 Å². The Labute approximate surface area is 164 Å². The Morgan fingerprint density at radius 3 is 2.93 bits per heavy atom. The van der Waals surface area contributed by atoms with Gasteiger partial charge in [-0.1, -0.05) is 23.3 Å². The number of ether oxygens (including phenoxy) is 1. The lowest BCUT2D eigenvalue weighted by atomic mass is 9.97. The van der Waals surface area contributed by atoms with Crippen molar-refractivity contribution in [2.24, 2.45) is 0 Å². The number of hydrogen-bond donors (Lipinski definition) is 2. The first kappa shape index (κ1) is 19.2. The summed E-state index contributed by atoms with van der Waals surface area (Å²) in [5.41, 5.74) is 3.37. The SMILES string of the molecule is COc1ccc(Cl)cc1Nc1cncc(C(=O)NCCC2=CCCCC2)c1. The van der Waals surface area contributed by atoms with Crippen molar-refractivity contribution < 1.29 is 9.53 Å². The van der Waals surface area contributed by atoms with Crippen LogP contribution in [0.2, 0.25) is 5.02 Å². The van der Waals surface area contributed by atoms with Crippen molar-refractivity contribution in [1.29, 1.82) is 0 Å². The van der Waals surface area contributed by atoms with Crippen molar-refractivity contribution in [3.63, 3.8) is 0 Å². The maximum absolute atomic E-state index is 12.4. The third-order valence-corrected chi connectivity index (χ3v) is 4.79. The minimum absolute atomic E-state index is 0.124. The molecular weight excluding hydrogens is 362 g/mol. The van der Waals surface area contributed by atoms with Crippen molar-refractivity contribution in [2.75, 3.05) is 19.0 Å². The second-order valence-corrected chi connectivity index (χ2v) is 6.98. The van der Waals surface area contributed by atoms with Crippen LogP contribution in [-0.4, -0.2) is 24.5 Å². The minimum Gasteiger partial charge on any atom is -0.495 e. The van der Waals surface area contributed by atoms with Gasteiger partial charge in [-0.15, -0.1) is 0 Å². The monoisotopic (exact) mass is 385 g/mol. The molecule has 1 amide bonds. The van der Waals surface area contributed by atoms with E-state index in [9.17, 15) is 4.79 Å². The van der Waals surface area contributed by atoms with Crippen molar-refractivity contribution in [2.45, 2.75) is 32.1 Å². The van der Waals surface area contributed by atoms with Crippen LogP contribution in [0.1, 0.15) is 42.5 Å². The van der Waals surface area contributed by atoms with Gasteiger partial charge in [-0.05, 0) is 56.4 Å². The van der Waals surface area contributed by atoms with E-state index >= 15 is 0 Å². The quantitative estimate of drug-likeness (QED) is 0.650. The number of halogens is 1. The molecule has 0 spiro atoms. The highest BCUT2D eigenvalue weighted by atomic mass is 35.5. The van der Waals surface area contributed by atoms with Crippen LogP contribution in [0.4, 0.5) is 11.4 Å². The predicted molar refractivity (Wildman–Crippen MR) is 109 cm³/mol. The van der Waals surface area contributed by atoms with Gasteiger partial charge in [-0.25, -0.2) is 0 Å². The number of amides is 1. The minimum atomic E-state index is -0.124. The molecule has 1 aromatic carbocycles. The molecule has 0 atom stereocenters. The van der Waals surface area contributed by atoms with E-state index in [1.54, 1.807) is 43.8 Å². The Hall–Kier alpha value is -2.53. The van der Waals surface area contributed by atoms with Crippen LogP contribution in [0.15, 0.2) is 48.3 Å². The Balaban J connectivity index is 1.62. The molecule has 0 bridgehead atoms. The molecule has 142 valence electrons. The van der Waals surface area contributed by atoms with Crippen LogP contribution in [0.25, 0.3) is 0 Å². The second-order valence-electron chi connectivity index (χ2n) is 6.55. The van der Waals surface area contributed by atoms with Gasteiger partial charge in [0.1, 0.15) is 5.75 Å². The van der Waals surface area contributed by atoms with Gasteiger partial charge < -0.3 is 15.4 Å². The maximum atomic E-state index is 12.4. The smallest absolute Gasteiger partial charge is 0.252 e. The first-order valence-corrected chi connectivity index (χ1v) is 9.55. The van der Waals surface area contributed by atoms with Gasteiger partial charge in [0.2, 0.25) is 0 Å². The lowest BCUT2D eigenvalue weighted by Crippen LogP contribution is -2.25. The lowest BCUT2D eigenvalue weighted by molar-refractivity contribution is 0.0953. The highest BCUT2D eigenvalue weighted by Gasteiger charge is 2.10. The number of rotatable bonds is 7. The molecule has 5 nitrogen and oxygen atoms in total. The zero-order valence-corrected chi connectivity index (χ0v) is 16.2. The topological polar surface area (TPSA) is 63.2 Å². The van der Waals surface area contributed by atoms with E-state index in [4.69, 9.17) is 16.3 Å². The van der Waals surface area contributed by atoms with E-state index in [-0.39, 0.29) is 5.91 Å². The molecule has 2 aromatic rings. The summed E-state index contributed by atoms with van der Waals surface area (Å²) in [5, 5.41) is 6.78. The fourth-order valence-electron chi connectivity index (χ4n) is 3.14. The first-order valence-electron chi connectivity index (χ1n) is 9.17. The molecule has 1 aromatic heterocycles. The third-order valence-electron chi connectivity index (χ3n) is 4.56. The van der Waals surface area contributed by atoms with Gasteiger partial charge in [-0.3, -0.25) is 9.78 Å². The van der Waals surface area contributed by atoms with Crippen molar-refractivity contribution in [3.8, 4) is 5.75 Å². The number of pyridine rings is 1. The summed E-state index contributed by atoms with van der Waals surface area (Å²) in [6, 6.07) is 7.08.